The van der Waals surface area contributed by atoms with Crippen LogP contribution in [0.1, 0.15) is 17.5 Å². The largest absolute Gasteiger partial charge is 0.452 e. The zero-order valence-corrected chi connectivity index (χ0v) is 7.80. The zero-order valence-electron chi connectivity index (χ0n) is 7.80. The van der Waals surface area contributed by atoms with Crippen LogP contribution in [0.3, 0.4) is 0 Å². The van der Waals surface area contributed by atoms with E-state index in [0.717, 1.165) is 12.2 Å². The zero-order chi connectivity index (χ0) is 9.97. The molecule has 2 heterocycles. The molecule has 14 heavy (non-hydrogen) atoms. The van der Waals surface area contributed by atoms with Gasteiger partial charge in [-0.05, 0) is 25.1 Å². The Balaban J connectivity index is 2.43. The maximum Gasteiger partial charge on any atom is 0.185 e. The van der Waals surface area contributed by atoms with E-state index in [1.807, 2.05) is 17.7 Å². The van der Waals surface area contributed by atoms with Crippen molar-refractivity contribution in [3.63, 3.8) is 0 Å². The van der Waals surface area contributed by atoms with Crippen molar-refractivity contribution in [3.8, 4) is 11.5 Å². The van der Waals surface area contributed by atoms with E-state index in [9.17, 15) is 4.79 Å². The highest BCUT2D eigenvalue weighted by Crippen LogP contribution is 2.20. The summed E-state index contributed by atoms with van der Waals surface area (Å²) in [5, 5.41) is 4.11. The van der Waals surface area contributed by atoms with Gasteiger partial charge in [0.25, 0.3) is 0 Å². The second kappa shape index (κ2) is 3.49. The maximum absolute atomic E-state index is 10.4. The van der Waals surface area contributed by atoms with Gasteiger partial charge in [-0.25, -0.2) is 0 Å². The summed E-state index contributed by atoms with van der Waals surface area (Å²) in [5.41, 5.74) is 0.889. The van der Waals surface area contributed by atoms with Crippen molar-refractivity contribution in [3.05, 3.63) is 30.2 Å². The van der Waals surface area contributed by atoms with Gasteiger partial charge < -0.3 is 4.42 Å². The van der Waals surface area contributed by atoms with E-state index >= 15 is 0 Å². The highest BCUT2D eigenvalue weighted by atomic mass is 16.3. The van der Waals surface area contributed by atoms with Crippen molar-refractivity contribution < 1.29 is 9.21 Å². The van der Waals surface area contributed by atoms with E-state index in [2.05, 4.69) is 5.10 Å². The molecule has 0 aromatic carbocycles. The Morgan fingerprint density at radius 2 is 2.36 bits per heavy atom. The average Bonchev–Trinajstić information content (AvgIpc) is 2.85. The van der Waals surface area contributed by atoms with Gasteiger partial charge in [0.05, 0.1) is 0 Å². The summed E-state index contributed by atoms with van der Waals surface area (Å²) in [6.45, 7) is 2.78. The topological polar surface area (TPSA) is 48.0 Å². The molecule has 0 saturated carbocycles. The third kappa shape index (κ3) is 1.35. The van der Waals surface area contributed by atoms with Gasteiger partial charge in [-0.2, -0.15) is 5.10 Å². The van der Waals surface area contributed by atoms with Crippen LogP contribution in [0.2, 0.25) is 0 Å². The lowest BCUT2D eigenvalue weighted by molar-refractivity contribution is 0.110. The standard InChI is InChI=1S/C10H10N2O2/c1-2-12-9(5-6-11-12)10-4-3-8(7-13)14-10/h3-7H,2H2,1H3. The molecule has 72 valence electrons. The molecule has 0 radical (unpaired) electrons. The number of carbonyl (C=O) groups is 1. The molecule has 0 unspecified atom stereocenters. The smallest absolute Gasteiger partial charge is 0.185 e. The number of aldehydes is 1. The Labute approximate surface area is 81.1 Å². The number of furan rings is 1. The Bertz CT molecular complexity index is 442. The van der Waals surface area contributed by atoms with Crippen LogP contribution in [0.15, 0.2) is 28.8 Å². The normalized spacial score (nSPS) is 10.4. The molecule has 4 heteroatoms. The summed E-state index contributed by atoms with van der Waals surface area (Å²) in [7, 11) is 0. The third-order valence-electron chi connectivity index (χ3n) is 2.01. The summed E-state index contributed by atoms with van der Waals surface area (Å²) in [5.74, 6) is 1.01. The van der Waals surface area contributed by atoms with Crippen LogP contribution in [0, 0.1) is 0 Å². The first-order valence-corrected chi connectivity index (χ1v) is 4.42. The number of carbonyl (C=O) groups excluding carboxylic acids is 1. The molecule has 0 aliphatic heterocycles. The molecule has 2 aromatic rings. The fourth-order valence-corrected chi connectivity index (χ4v) is 1.35. The summed E-state index contributed by atoms with van der Waals surface area (Å²) in [4.78, 5) is 10.4. The number of aromatic nitrogens is 2. The van der Waals surface area contributed by atoms with Crippen molar-refractivity contribution >= 4 is 6.29 Å². The molecule has 2 rings (SSSR count). The second-order valence-electron chi connectivity index (χ2n) is 2.85. The van der Waals surface area contributed by atoms with E-state index in [1.54, 1.807) is 18.3 Å². The van der Waals surface area contributed by atoms with Crippen LogP contribution >= 0.6 is 0 Å². The van der Waals surface area contributed by atoms with Gasteiger partial charge in [0, 0.05) is 12.7 Å². The Morgan fingerprint density at radius 1 is 1.50 bits per heavy atom. The minimum absolute atomic E-state index is 0.337. The van der Waals surface area contributed by atoms with E-state index in [0.29, 0.717) is 17.8 Å². The van der Waals surface area contributed by atoms with Crippen molar-refractivity contribution in [1.82, 2.24) is 9.78 Å². The lowest BCUT2D eigenvalue weighted by Crippen LogP contribution is -1.97. The quantitative estimate of drug-likeness (QED) is 0.695. The molecule has 0 saturated heterocycles. The Morgan fingerprint density at radius 3 is 3.00 bits per heavy atom. The van der Waals surface area contributed by atoms with E-state index < -0.39 is 0 Å². The van der Waals surface area contributed by atoms with Crippen molar-refractivity contribution in [2.75, 3.05) is 0 Å². The van der Waals surface area contributed by atoms with Crippen LogP contribution in [0.5, 0.6) is 0 Å². The van der Waals surface area contributed by atoms with Crippen LogP contribution < -0.4 is 0 Å². The Kier molecular flexibility index (Phi) is 2.18. The number of aryl methyl sites for hydroxylation is 1. The number of nitrogens with zero attached hydrogens (tertiary/aromatic N) is 2. The highest BCUT2D eigenvalue weighted by molar-refractivity contribution is 5.72. The second-order valence-corrected chi connectivity index (χ2v) is 2.85. The predicted molar refractivity (Wildman–Crippen MR) is 51.0 cm³/mol. The molecule has 0 fully saturated rings. The van der Waals surface area contributed by atoms with Crippen LogP contribution in [0.4, 0.5) is 0 Å². The average molecular weight is 190 g/mol. The fourth-order valence-electron chi connectivity index (χ4n) is 1.35. The van der Waals surface area contributed by atoms with Gasteiger partial charge in [-0.15, -0.1) is 0 Å². The first-order valence-electron chi connectivity index (χ1n) is 4.42. The lowest BCUT2D eigenvalue weighted by atomic mass is 10.3. The van der Waals surface area contributed by atoms with E-state index in [4.69, 9.17) is 4.42 Å². The fraction of sp³-hybridized carbons (Fsp3) is 0.200. The number of hydrogen-bond acceptors (Lipinski definition) is 3. The first-order chi connectivity index (χ1) is 6.85. The summed E-state index contributed by atoms with van der Waals surface area (Å²) in [6.07, 6.45) is 2.40. The number of rotatable bonds is 3. The van der Waals surface area contributed by atoms with Gasteiger partial charge in [-0.3, -0.25) is 9.48 Å². The van der Waals surface area contributed by atoms with Gasteiger partial charge in [0.15, 0.2) is 17.8 Å². The van der Waals surface area contributed by atoms with Gasteiger partial charge in [0.1, 0.15) is 5.69 Å². The van der Waals surface area contributed by atoms with Crippen LogP contribution in [0.25, 0.3) is 11.5 Å². The molecule has 0 aliphatic rings. The molecule has 4 nitrogen and oxygen atoms in total. The number of hydrogen-bond donors (Lipinski definition) is 0. The SMILES string of the molecule is CCn1nccc1-c1ccc(C=O)o1. The van der Waals surface area contributed by atoms with E-state index in [1.165, 1.54) is 0 Å². The highest BCUT2D eigenvalue weighted by Gasteiger charge is 2.08. The van der Waals surface area contributed by atoms with E-state index in [-0.39, 0.29) is 0 Å². The van der Waals surface area contributed by atoms with Crippen LogP contribution in [-0.4, -0.2) is 16.1 Å². The molecule has 0 bridgehead atoms. The molecule has 2 aromatic heterocycles. The first kappa shape index (κ1) is 8.74. The third-order valence-corrected chi connectivity index (χ3v) is 2.01. The monoisotopic (exact) mass is 190 g/mol. The predicted octanol–water partition coefficient (Wildman–Crippen LogP) is 1.98. The Hall–Kier alpha value is -1.84. The molecule has 0 N–H and O–H groups in total. The minimum Gasteiger partial charge on any atom is -0.452 e. The summed E-state index contributed by atoms with van der Waals surface area (Å²) < 4.78 is 7.10. The molecular weight excluding hydrogens is 180 g/mol. The van der Waals surface area contributed by atoms with Crippen molar-refractivity contribution in [2.24, 2.45) is 0 Å². The summed E-state index contributed by atoms with van der Waals surface area (Å²) >= 11 is 0. The molecular formula is C10H10N2O2. The van der Waals surface area contributed by atoms with Gasteiger partial charge in [0.2, 0.25) is 0 Å². The van der Waals surface area contributed by atoms with Crippen LogP contribution in [-0.2, 0) is 6.54 Å². The minimum atomic E-state index is 0.337. The molecule has 0 spiro atoms. The van der Waals surface area contributed by atoms with Gasteiger partial charge >= 0.3 is 0 Å². The lowest BCUT2D eigenvalue weighted by Gasteiger charge is -1.99. The van der Waals surface area contributed by atoms with Gasteiger partial charge in [-0.1, -0.05) is 0 Å². The van der Waals surface area contributed by atoms with Crippen molar-refractivity contribution in [1.29, 1.82) is 0 Å². The maximum atomic E-state index is 10.4. The van der Waals surface area contributed by atoms with Crippen molar-refractivity contribution in [2.45, 2.75) is 13.5 Å². The molecule has 0 atom stereocenters. The molecule has 0 amide bonds. The molecule has 0 aliphatic carbocycles. The summed E-state index contributed by atoms with van der Waals surface area (Å²) in [6, 6.07) is 5.28.